The van der Waals surface area contributed by atoms with E-state index in [-0.39, 0.29) is 11.7 Å². The zero-order valence-electron chi connectivity index (χ0n) is 12.9. The SMILES string of the molecule is Cc1ccn2c(N=Nc3cccc(O)c3)c(C(C)C)nc2c1. The van der Waals surface area contributed by atoms with Crippen LogP contribution in [-0.4, -0.2) is 14.5 Å². The highest BCUT2D eigenvalue weighted by atomic mass is 16.3. The van der Waals surface area contributed by atoms with Crippen molar-refractivity contribution in [2.75, 3.05) is 0 Å². The van der Waals surface area contributed by atoms with Gasteiger partial charge in [0.15, 0.2) is 5.82 Å². The summed E-state index contributed by atoms with van der Waals surface area (Å²) in [4.78, 5) is 4.66. The Balaban J connectivity index is 2.10. The number of benzene rings is 1. The molecule has 0 aliphatic heterocycles. The fourth-order valence-corrected chi connectivity index (χ4v) is 2.30. The monoisotopic (exact) mass is 294 g/mol. The number of aromatic nitrogens is 2. The van der Waals surface area contributed by atoms with Crippen molar-refractivity contribution in [3.8, 4) is 5.75 Å². The molecule has 1 N–H and O–H groups in total. The van der Waals surface area contributed by atoms with E-state index < -0.39 is 0 Å². The lowest BCUT2D eigenvalue weighted by Crippen LogP contribution is -1.87. The van der Waals surface area contributed by atoms with Gasteiger partial charge >= 0.3 is 0 Å². The highest BCUT2D eigenvalue weighted by Crippen LogP contribution is 2.30. The molecule has 0 fully saturated rings. The standard InChI is InChI=1S/C17H18N4O/c1-11(2)16-17(20-19-13-5-4-6-14(22)10-13)21-8-7-12(3)9-15(21)18-16/h4-11,22H,1-3H3. The number of phenols is 1. The number of hydrogen-bond acceptors (Lipinski definition) is 4. The molecule has 5 nitrogen and oxygen atoms in total. The Morgan fingerprint density at radius 3 is 2.68 bits per heavy atom. The number of nitrogens with zero attached hydrogens (tertiary/aromatic N) is 4. The van der Waals surface area contributed by atoms with E-state index in [9.17, 15) is 5.11 Å². The van der Waals surface area contributed by atoms with E-state index in [1.165, 1.54) is 0 Å². The van der Waals surface area contributed by atoms with Gasteiger partial charge in [-0.3, -0.25) is 4.40 Å². The highest BCUT2D eigenvalue weighted by Gasteiger charge is 2.15. The van der Waals surface area contributed by atoms with Crippen LogP contribution in [0.1, 0.15) is 31.0 Å². The fourth-order valence-electron chi connectivity index (χ4n) is 2.30. The number of hydrogen-bond donors (Lipinski definition) is 1. The Hall–Kier alpha value is -2.69. The molecule has 0 aliphatic carbocycles. The molecule has 2 aromatic heterocycles. The zero-order chi connectivity index (χ0) is 15.7. The molecule has 3 rings (SSSR count). The van der Waals surface area contributed by atoms with Crippen molar-refractivity contribution < 1.29 is 5.11 Å². The number of phenolic OH excluding ortho intramolecular Hbond substituents is 1. The minimum atomic E-state index is 0.175. The molecule has 112 valence electrons. The number of aromatic hydroxyl groups is 1. The Kier molecular flexibility index (Phi) is 3.63. The van der Waals surface area contributed by atoms with Gasteiger partial charge in [0, 0.05) is 12.3 Å². The zero-order valence-corrected chi connectivity index (χ0v) is 12.9. The van der Waals surface area contributed by atoms with Crippen molar-refractivity contribution in [1.29, 1.82) is 0 Å². The molecule has 3 aromatic rings. The molecular weight excluding hydrogens is 276 g/mol. The summed E-state index contributed by atoms with van der Waals surface area (Å²) in [6, 6.07) is 10.8. The molecule has 0 saturated heterocycles. The largest absolute Gasteiger partial charge is 0.508 e. The van der Waals surface area contributed by atoms with Crippen LogP contribution < -0.4 is 0 Å². The van der Waals surface area contributed by atoms with E-state index in [0.717, 1.165) is 22.7 Å². The second kappa shape index (κ2) is 5.60. The lowest BCUT2D eigenvalue weighted by Gasteiger charge is -2.01. The number of azo groups is 1. The van der Waals surface area contributed by atoms with Crippen LogP contribution in [0.4, 0.5) is 11.5 Å². The Morgan fingerprint density at radius 1 is 1.14 bits per heavy atom. The van der Waals surface area contributed by atoms with Crippen LogP contribution >= 0.6 is 0 Å². The average Bonchev–Trinajstić information content (AvgIpc) is 2.83. The van der Waals surface area contributed by atoms with Gasteiger partial charge in [0.05, 0.1) is 11.4 Å². The van der Waals surface area contributed by atoms with E-state index in [4.69, 9.17) is 0 Å². The molecule has 0 spiro atoms. The van der Waals surface area contributed by atoms with Gasteiger partial charge in [-0.05, 0) is 42.7 Å². The third kappa shape index (κ3) is 2.70. The average molecular weight is 294 g/mol. The van der Waals surface area contributed by atoms with Gasteiger partial charge in [-0.1, -0.05) is 19.9 Å². The Labute approximate surface area is 129 Å². The third-order valence-electron chi connectivity index (χ3n) is 3.42. The van der Waals surface area contributed by atoms with Crippen LogP contribution in [0.15, 0.2) is 52.8 Å². The summed E-state index contributed by atoms with van der Waals surface area (Å²) in [6.45, 7) is 6.21. The van der Waals surface area contributed by atoms with E-state index in [2.05, 4.69) is 29.1 Å². The van der Waals surface area contributed by atoms with Crippen LogP contribution in [-0.2, 0) is 0 Å². The first-order valence-corrected chi connectivity index (χ1v) is 7.24. The molecule has 0 saturated carbocycles. The van der Waals surface area contributed by atoms with Crippen molar-refractivity contribution in [1.82, 2.24) is 9.38 Å². The lowest BCUT2D eigenvalue weighted by atomic mass is 10.1. The third-order valence-corrected chi connectivity index (χ3v) is 3.42. The normalized spacial score (nSPS) is 11.8. The summed E-state index contributed by atoms with van der Waals surface area (Å²) in [5.41, 5.74) is 3.55. The molecule has 0 aliphatic rings. The van der Waals surface area contributed by atoms with Crippen LogP contribution in [0.5, 0.6) is 5.75 Å². The van der Waals surface area contributed by atoms with Crippen molar-refractivity contribution in [2.45, 2.75) is 26.7 Å². The smallest absolute Gasteiger partial charge is 0.183 e. The highest BCUT2D eigenvalue weighted by molar-refractivity contribution is 5.54. The first-order chi connectivity index (χ1) is 10.5. The van der Waals surface area contributed by atoms with Crippen LogP contribution in [0, 0.1) is 6.92 Å². The van der Waals surface area contributed by atoms with Gasteiger partial charge in [0.25, 0.3) is 0 Å². The van der Waals surface area contributed by atoms with Gasteiger partial charge in [-0.2, -0.15) is 0 Å². The number of aryl methyl sites for hydroxylation is 1. The number of rotatable bonds is 3. The Morgan fingerprint density at radius 2 is 1.95 bits per heavy atom. The van der Waals surface area contributed by atoms with Gasteiger partial charge in [-0.25, -0.2) is 4.98 Å². The van der Waals surface area contributed by atoms with Crippen molar-refractivity contribution in [3.05, 3.63) is 53.9 Å². The topological polar surface area (TPSA) is 62.2 Å². The predicted octanol–water partition coefficient (Wildman–Crippen LogP) is 4.89. The van der Waals surface area contributed by atoms with Gasteiger partial charge in [0.1, 0.15) is 11.4 Å². The molecule has 0 bridgehead atoms. The van der Waals surface area contributed by atoms with Gasteiger partial charge in [-0.15, -0.1) is 10.2 Å². The molecule has 0 atom stereocenters. The van der Waals surface area contributed by atoms with Crippen LogP contribution in [0.25, 0.3) is 5.65 Å². The number of imidazole rings is 1. The van der Waals surface area contributed by atoms with Crippen molar-refractivity contribution in [2.24, 2.45) is 10.2 Å². The van der Waals surface area contributed by atoms with Gasteiger partial charge in [0.2, 0.25) is 0 Å². The van der Waals surface area contributed by atoms with Crippen LogP contribution in [0.3, 0.4) is 0 Å². The minimum Gasteiger partial charge on any atom is -0.508 e. The van der Waals surface area contributed by atoms with Crippen molar-refractivity contribution >= 4 is 17.2 Å². The fraction of sp³-hybridized carbons (Fsp3) is 0.235. The van der Waals surface area contributed by atoms with Crippen molar-refractivity contribution in [3.63, 3.8) is 0 Å². The van der Waals surface area contributed by atoms with Crippen LogP contribution in [0.2, 0.25) is 0 Å². The van der Waals surface area contributed by atoms with Gasteiger partial charge < -0.3 is 5.11 Å². The summed E-state index contributed by atoms with van der Waals surface area (Å²) in [6.07, 6.45) is 1.96. The molecular formula is C17H18N4O. The molecule has 0 unspecified atom stereocenters. The number of fused-ring (bicyclic) bond motifs is 1. The maximum atomic E-state index is 9.50. The molecule has 1 aromatic carbocycles. The lowest BCUT2D eigenvalue weighted by molar-refractivity contribution is 0.475. The second-order valence-corrected chi connectivity index (χ2v) is 5.63. The van der Waals surface area contributed by atoms with E-state index in [0.29, 0.717) is 5.69 Å². The molecule has 0 radical (unpaired) electrons. The number of pyridine rings is 1. The molecule has 0 amide bonds. The Bertz CT molecular complexity index is 849. The summed E-state index contributed by atoms with van der Waals surface area (Å²) in [7, 11) is 0. The molecule has 5 heteroatoms. The van der Waals surface area contributed by atoms with E-state index in [1.807, 2.05) is 29.7 Å². The van der Waals surface area contributed by atoms with E-state index >= 15 is 0 Å². The van der Waals surface area contributed by atoms with E-state index in [1.54, 1.807) is 24.3 Å². The molecule has 22 heavy (non-hydrogen) atoms. The predicted molar refractivity (Wildman–Crippen MR) is 86.3 cm³/mol. The quantitative estimate of drug-likeness (QED) is 0.699. The summed E-state index contributed by atoms with van der Waals surface area (Å²) >= 11 is 0. The summed E-state index contributed by atoms with van der Waals surface area (Å²) in [5.74, 6) is 1.15. The molecule has 2 heterocycles. The first kappa shape index (κ1) is 14.3. The first-order valence-electron chi connectivity index (χ1n) is 7.24. The maximum Gasteiger partial charge on any atom is 0.183 e. The minimum absolute atomic E-state index is 0.175. The summed E-state index contributed by atoms with van der Waals surface area (Å²) < 4.78 is 1.94. The summed E-state index contributed by atoms with van der Waals surface area (Å²) in [5, 5.41) is 18.1. The second-order valence-electron chi connectivity index (χ2n) is 5.63. The maximum absolute atomic E-state index is 9.50.